The third-order valence-electron chi connectivity index (χ3n) is 5.47. The van der Waals surface area contributed by atoms with E-state index in [1.807, 2.05) is 18.3 Å². The van der Waals surface area contributed by atoms with E-state index in [4.69, 9.17) is 5.73 Å². The molecular formula is C22H22F3N5O2. The molecule has 32 heavy (non-hydrogen) atoms. The van der Waals surface area contributed by atoms with Crippen LogP contribution in [-0.2, 0) is 6.54 Å². The maximum absolute atomic E-state index is 13.0. The zero-order chi connectivity index (χ0) is 22.7. The van der Waals surface area contributed by atoms with Gasteiger partial charge in [0.1, 0.15) is 11.6 Å². The fourth-order valence-corrected chi connectivity index (χ4v) is 3.87. The Hall–Kier alpha value is -3.40. The number of nitrogens with two attached hydrogens (primary N) is 1. The molecule has 2 N–H and O–H groups in total. The maximum atomic E-state index is 13.0. The Morgan fingerprint density at radius 2 is 1.84 bits per heavy atom. The minimum Gasteiger partial charge on any atom is -0.406 e. The number of hydrogen-bond donors (Lipinski definition) is 1. The second-order valence-corrected chi connectivity index (χ2v) is 7.67. The molecule has 1 fully saturated rings. The first kappa shape index (κ1) is 21.8. The van der Waals surface area contributed by atoms with Crippen LogP contribution in [0.1, 0.15) is 28.8 Å². The Bertz CT molecular complexity index is 1060. The maximum Gasteiger partial charge on any atom is 0.573 e. The zero-order valence-electron chi connectivity index (χ0n) is 17.1. The lowest BCUT2D eigenvalue weighted by Gasteiger charge is -2.31. The van der Waals surface area contributed by atoms with E-state index in [1.54, 1.807) is 6.20 Å². The number of hydrogen-bond acceptors (Lipinski definition) is 6. The molecule has 0 amide bonds. The summed E-state index contributed by atoms with van der Waals surface area (Å²) >= 11 is 0. The molecule has 3 heterocycles. The smallest absolute Gasteiger partial charge is 0.406 e. The second kappa shape index (κ2) is 8.99. The molecular weight excluding hydrogens is 423 g/mol. The molecule has 0 radical (unpaired) electrons. The minimum absolute atomic E-state index is 0.0631. The van der Waals surface area contributed by atoms with E-state index < -0.39 is 6.36 Å². The summed E-state index contributed by atoms with van der Waals surface area (Å²) < 4.78 is 42.2. The molecule has 7 nitrogen and oxygen atoms in total. The molecule has 1 aliphatic rings. The highest BCUT2D eigenvalue weighted by molar-refractivity contribution is 6.01. The quantitative estimate of drug-likeness (QED) is 0.580. The largest absolute Gasteiger partial charge is 0.573 e. The van der Waals surface area contributed by atoms with Crippen molar-refractivity contribution in [2.75, 3.05) is 18.8 Å². The lowest BCUT2D eigenvalue weighted by molar-refractivity contribution is -0.274. The number of carbonyl (C=O) groups excluding carboxylic acids is 1. The van der Waals surface area contributed by atoms with Crippen molar-refractivity contribution in [2.45, 2.75) is 25.7 Å². The molecule has 10 heteroatoms. The number of anilines is 1. The fraction of sp³-hybridized carbons (Fsp3) is 0.318. The molecule has 168 valence electrons. The number of ketones is 1. The third-order valence-corrected chi connectivity index (χ3v) is 5.47. The Morgan fingerprint density at radius 3 is 2.47 bits per heavy atom. The van der Waals surface area contributed by atoms with Crippen LogP contribution in [0.15, 0.2) is 55.0 Å². The number of Topliss-reactive ketones (excluding diaryl/α,β-unsaturated/α-hetero) is 1. The number of alkyl halides is 3. The van der Waals surface area contributed by atoms with Crippen LogP contribution in [0.25, 0.3) is 5.69 Å². The van der Waals surface area contributed by atoms with Crippen LogP contribution in [0.3, 0.4) is 0 Å². The molecule has 2 aromatic heterocycles. The highest BCUT2D eigenvalue weighted by Gasteiger charge is 2.31. The summed E-state index contributed by atoms with van der Waals surface area (Å²) in [4.78, 5) is 19.5. The number of nitrogen functional groups attached to an aromatic ring is 1. The van der Waals surface area contributed by atoms with Crippen LogP contribution in [0.5, 0.6) is 5.75 Å². The van der Waals surface area contributed by atoms with Gasteiger partial charge in [0.2, 0.25) is 0 Å². The van der Waals surface area contributed by atoms with Crippen molar-refractivity contribution >= 4 is 11.6 Å². The first-order valence-corrected chi connectivity index (χ1v) is 10.2. The van der Waals surface area contributed by atoms with E-state index in [0.29, 0.717) is 24.1 Å². The molecule has 0 bridgehead atoms. The average molecular weight is 445 g/mol. The summed E-state index contributed by atoms with van der Waals surface area (Å²) in [7, 11) is 0. The number of pyridine rings is 1. The Balaban J connectivity index is 1.39. The van der Waals surface area contributed by atoms with Crippen LogP contribution in [0.2, 0.25) is 0 Å². The van der Waals surface area contributed by atoms with Gasteiger partial charge >= 0.3 is 6.36 Å². The van der Waals surface area contributed by atoms with Gasteiger partial charge in [0.05, 0.1) is 17.4 Å². The van der Waals surface area contributed by atoms with Crippen molar-refractivity contribution in [3.8, 4) is 11.4 Å². The lowest BCUT2D eigenvalue weighted by atomic mass is 9.89. The van der Waals surface area contributed by atoms with E-state index in [9.17, 15) is 18.0 Å². The van der Waals surface area contributed by atoms with E-state index in [1.165, 1.54) is 35.1 Å². The van der Waals surface area contributed by atoms with Crippen molar-refractivity contribution in [2.24, 2.45) is 5.92 Å². The van der Waals surface area contributed by atoms with E-state index in [-0.39, 0.29) is 23.3 Å². The number of rotatable bonds is 6. The van der Waals surface area contributed by atoms with Crippen molar-refractivity contribution in [3.05, 3.63) is 66.1 Å². The van der Waals surface area contributed by atoms with E-state index in [0.717, 1.165) is 25.2 Å². The average Bonchev–Trinajstić information content (AvgIpc) is 3.15. The van der Waals surface area contributed by atoms with Gasteiger partial charge in [0.25, 0.3) is 0 Å². The molecule has 4 rings (SSSR count). The van der Waals surface area contributed by atoms with Crippen LogP contribution in [-0.4, -0.2) is 44.9 Å². The summed E-state index contributed by atoms with van der Waals surface area (Å²) in [6.45, 7) is 2.38. The minimum atomic E-state index is -4.76. The Labute approximate surface area is 182 Å². The second-order valence-electron chi connectivity index (χ2n) is 7.67. The number of aromatic nitrogens is 3. The standard InChI is InChI=1S/C22H22F3N5O2/c23-22(24,25)32-18-5-3-17(4-6-18)30-21(26)19(13-28-30)20(31)16-7-10-29(11-8-16)14-15-2-1-9-27-12-15/h1-6,9,12-13,16H,7-8,10-11,14,26H2. The number of piperidine rings is 1. The normalized spacial score (nSPS) is 15.6. The highest BCUT2D eigenvalue weighted by atomic mass is 19.4. The molecule has 0 spiro atoms. The van der Waals surface area contributed by atoms with Gasteiger partial charge in [0.15, 0.2) is 5.78 Å². The number of halogens is 3. The van der Waals surface area contributed by atoms with Crippen molar-refractivity contribution in [1.82, 2.24) is 19.7 Å². The zero-order valence-corrected chi connectivity index (χ0v) is 17.1. The highest BCUT2D eigenvalue weighted by Crippen LogP contribution is 2.28. The van der Waals surface area contributed by atoms with Crippen LogP contribution < -0.4 is 10.5 Å². The van der Waals surface area contributed by atoms with Crippen molar-refractivity contribution in [3.63, 3.8) is 0 Å². The monoisotopic (exact) mass is 445 g/mol. The molecule has 1 saturated heterocycles. The summed E-state index contributed by atoms with van der Waals surface area (Å²) in [5.74, 6) is -0.395. The topological polar surface area (TPSA) is 86.3 Å². The number of nitrogens with zero attached hydrogens (tertiary/aromatic N) is 4. The van der Waals surface area contributed by atoms with Gasteiger partial charge in [0, 0.05) is 24.9 Å². The Morgan fingerprint density at radius 1 is 1.12 bits per heavy atom. The van der Waals surface area contributed by atoms with E-state index in [2.05, 4.69) is 19.7 Å². The van der Waals surface area contributed by atoms with Gasteiger partial charge in [-0.3, -0.25) is 14.7 Å². The molecule has 3 aromatic rings. The molecule has 0 atom stereocenters. The molecule has 0 unspecified atom stereocenters. The van der Waals surface area contributed by atoms with Gasteiger partial charge in [-0.1, -0.05) is 6.07 Å². The third kappa shape index (κ3) is 5.08. The summed E-state index contributed by atoms with van der Waals surface area (Å²) in [6.07, 6.45) is 1.66. The molecule has 0 aliphatic carbocycles. The summed E-state index contributed by atoms with van der Waals surface area (Å²) in [6, 6.07) is 9.07. The number of benzene rings is 1. The van der Waals surface area contributed by atoms with Gasteiger partial charge in [-0.15, -0.1) is 13.2 Å². The summed E-state index contributed by atoms with van der Waals surface area (Å²) in [5.41, 5.74) is 8.06. The van der Waals surface area contributed by atoms with Crippen LogP contribution >= 0.6 is 0 Å². The van der Waals surface area contributed by atoms with Crippen LogP contribution in [0, 0.1) is 5.92 Å². The van der Waals surface area contributed by atoms with Crippen LogP contribution in [0.4, 0.5) is 19.0 Å². The van der Waals surface area contributed by atoms with Crippen molar-refractivity contribution in [1.29, 1.82) is 0 Å². The first-order chi connectivity index (χ1) is 15.3. The van der Waals surface area contributed by atoms with Gasteiger partial charge in [-0.05, 0) is 61.8 Å². The van der Waals surface area contributed by atoms with E-state index >= 15 is 0 Å². The Kier molecular flexibility index (Phi) is 6.13. The summed E-state index contributed by atoms with van der Waals surface area (Å²) in [5, 5.41) is 4.17. The molecule has 1 aromatic carbocycles. The number of carbonyl (C=O) groups is 1. The predicted octanol–water partition coefficient (Wildman–Crippen LogP) is 3.84. The SMILES string of the molecule is Nc1c(C(=O)C2CCN(Cc3cccnc3)CC2)cnn1-c1ccc(OC(F)(F)F)cc1. The molecule has 1 aliphatic heterocycles. The predicted molar refractivity (Wildman–Crippen MR) is 111 cm³/mol. The van der Waals surface area contributed by atoms with Gasteiger partial charge in [-0.2, -0.15) is 5.10 Å². The number of ether oxygens (including phenoxy) is 1. The first-order valence-electron chi connectivity index (χ1n) is 10.2. The fourth-order valence-electron chi connectivity index (χ4n) is 3.87. The van der Waals surface area contributed by atoms with Gasteiger partial charge < -0.3 is 10.5 Å². The lowest BCUT2D eigenvalue weighted by Crippen LogP contribution is -2.36. The van der Waals surface area contributed by atoms with Crippen molar-refractivity contribution < 1.29 is 22.7 Å². The van der Waals surface area contributed by atoms with Gasteiger partial charge in [-0.25, -0.2) is 4.68 Å². The number of likely N-dealkylation sites (tertiary alicyclic amines) is 1. The molecule has 0 saturated carbocycles.